The average Bonchev–Trinajstić information content (AvgIpc) is 2.27. The number of aryl methyl sites for hydroxylation is 2. The first-order chi connectivity index (χ1) is 7.66. The molecule has 0 aromatic heterocycles. The largest absolute Gasteiger partial charge is 0.398 e. The van der Waals surface area contributed by atoms with Crippen molar-refractivity contribution in [1.82, 2.24) is 0 Å². The fourth-order valence-electron chi connectivity index (χ4n) is 2.03. The lowest BCUT2D eigenvalue weighted by atomic mass is 9.98. The normalized spacial score (nSPS) is 10.4. The smallest absolute Gasteiger partial charge is 0.0379 e. The topological polar surface area (TPSA) is 26.0 Å². The third-order valence-electron chi connectivity index (χ3n) is 2.85. The summed E-state index contributed by atoms with van der Waals surface area (Å²) >= 11 is 0. The minimum Gasteiger partial charge on any atom is -0.398 e. The second-order valence-corrected chi connectivity index (χ2v) is 4.32. The fraction of sp³-hybridized carbons (Fsp3) is 0.200. The van der Waals surface area contributed by atoms with Crippen LogP contribution in [0.15, 0.2) is 42.5 Å². The highest BCUT2D eigenvalue weighted by molar-refractivity contribution is 5.56. The molecular weight excluding hydrogens is 194 g/mol. The Balaban J connectivity index is 2.35. The molecular formula is C15H17N. The van der Waals surface area contributed by atoms with Crippen molar-refractivity contribution in [2.75, 3.05) is 5.73 Å². The zero-order valence-corrected chi connectivity index (χ0v) is 9.83. The minimum atomic E-state index is 0.912. The molecule has 0 atom stereocenters. The van der Waals surface area contributed by atoms with Crippen LogP contribution in [0.4, 0.5) is 5.69 Å². The van der Waals surface area contributed by atoms with Gasteiger partial charge in [0.05, 0.1) is 0 Å². The van der Waals surface area contributed by atoms with Gasteiger partial charge in [0.25, 0.3) is 0 Å². The zero-order valence-electron chi connectivity index (χ0n) is 9.83. The molecule has 1 heteroatoms. The molecule has 0 amide bonds. The van der Waals surface area contributed by atoms with Crippen LogP contribution in [0.1, 0.15) is 22.3 Å². The lowest BCUT2D eigenvalue weighted by Gasteiger charge is -2.10. The minimum absolute atomic E-state index is 0.912. The van der Waals surface area contributed by atoms with Gasteiger partial charge in [-0.3, -0.25) is 0 Å². The fourth-order valence-corrected chi connectivity index (χ4v) is 2.03. The van der Waals surface area contributed by atoms with Crippen LogP contribution in [0.2, 0.25) is 0 Å². The lowest BCUT2D eigenvalue weighted by molar-refractivity contribution is 1.17. The molecule has 0 aliphatic carbocycles. The Morgan fingerprint density at radius 3 is 2.38 bits per heavy atom. The Morgan fingerprint density at radius 1 is 1.00 bits per heavy atom. The van der Waals surface area contributed by atoms with E-state index in [2.05, 4.69) is 50.2 Å². The number of benzene rings is 2. The Bertz CT molecular complexity index is 486. The second-order valence-electron chi connectivity index (χ2n) is 4.32. The molecule has 1 nitrogen and oxygen atoms in total. The van der Waals surface area contributed by atoms with Crippen LogP contribution in [0.5, 0.6) is 0 Å². The van der Waals surface area contributed by atoms with Gasteiger partial charge in [-0.1, -0.05) is 48.0 Å². The van der Waals surface area contributed by atoms with Crippen LogP contribution in [0.25, 0.3) is 0 Å². The Labute approximate surface area is 96.9 Å². The summed E-state index contributed by atoms with van der Waals surface area (Å²) in [6.45, 7) is 4.18. The number of nitrogens with two attached hydrogens (primary N) is 1. The molecule has 82 valence electrons. The molecule has 0 unspecified atom stereocenters. The van der Waals surface area contributed by atoms with Crippen LogP contribution >= 0.6 is 0 Å². The summed E-state index contributed by atoms with van der Waals surface area (Å²) in [6, 6.07) is 14.7. The van der Waals surface area contributed by atoms with E-state index in [1.165, 1.54) is 22.3 Å². The highest BCUT2D eigenvalue weighted by Crippen LogP contribution is 2.22. The summed E-state index contributed by atoms with van der Waals surface area (Å²) in [7, 11) is 0. The van der Waals surface area contributed by atoms with Crippen molar-refractivity contribution in [3.05, 3.63) is 64.7 Å². The van der Waals surface area contributed by atoms with E-state index >= 15 is 0 Å². The van der Waals surface area contributed by atoms with Crippen molar-refractivity contribution in [3.63, 3.8) is 0 Å². The number of anilines is 1. The molecule has 0 bridgehead atoms. The molecule has 16 heavy (non-hydrogen) atoms. The van der Waals surface area contributed by atoms with Gasteiger partial charge in [-0.2, -0.15) is 0 Å². The average molecular weight is 211 g/mol. The van der Waals surface area contributed by atoms with Gasteiger partial charge in [0.1, 0.15) is 0 Å². The van der Waals surface area contributed by atoms with E-state index in [9.17, 15) is 0 Å². The van der Waals surface area contributed by atoms with Crippen molar-refractivity contribution in [2.45, 2.75) is 20.3 Å². The van der Waals surface area contributed by atoms with E-state index in [1.54, 1.807) is 0 Å². The third kappa shape index (κ3) is 2.25. The summed E-state index contributed by atoms with van der Waals surface area (Å²) < 4.78 is 0. The highest BCUT2D eigenvalue weighted by atomic mass is 14.6. The number of hydrogen-bond acceptors (Lipinski definition) is 1. The molecule has 0 spiro atoms. The van der Waals surface area contributed by atoms with E-state index in [-0.39, 0.29) is 0 Å². The first-order valence-corrected chi connectivity index (χ1v) is 5.56. The van der Waals surface area contributed by atoms with Crippen molar-refractivity contribution in [2.24, 2.45) is 0 Å². The van der Waals surface area contributed by atoms with Gasteiger partial charge in [-0.25, -0.2) is 0 Å². The Hall–Kier alpha value is -1.76. The van der Waals surface area contributed by atoms with Gasteiger partial charge in [0.2, 0.25) is 0 Å². The quantitative estimate of drug-likeness (QED) is 0.756. The molecule has 2 aromatic rings. The number of nitrogen functional groups attached to an aromatic ring is 1. The SMILES string of the molecule is Cc1cc(C)c(N)c(Cc2ccccc2)c1. The predicted octanol–water partition coefficient (Wildman–Crippen LogP) is 3.48. The van der Waals surface area contributed by atoms with Crippen LogP contribution in [0, 0.1) is 13.8 Å². The first-order valence-electron chi connectivity index (χ1n) is 5.56. The van der Waals surface area contributed by atoms with Crippen molar-refractivity contribution < 1.29 is 0 Å². The van der Waals surface area contributed by atoms with Gasteiger partial charge >= 0.3 is 0 Å². The summed E-state index contributed by atoms with van der Waals surface area (Å²) in [6.07, 6.45) is 0.912. The van der Waals surface area contributed by atoms with E-state index in [4.69, 9.17) is 5.73 Å². The summed E-state index contributed by atoms with van der Waals surface area (Å²) in [5.41, 5.74) is 12.0. The molecule has 2 N–H and O–H groups in total. The Kier molecular flexibility index (Phi) is 2.95. The van der Waals surface area contributed by atoms with E-state index in [1.807, 2.05) is 6.07 Å². The van der Waals surface area contributed by atoms with Gasteiger partial charge in [0.15, 0.2) is 0 Å². The summed E-state index contributed by atoms with van der Waals surface area (Å²) in [5, 5.41) is 0. The van der Waals surface area contributed by atoms with Gasteiger partial charge in [-0.05, 0) is 37.0 Å². The molecule has 0 radical (unpaired) electrons. The summed E-state index contributed by atoms with van der Waals surface area (Å²) in [4.78, 5) is 0. The van der Waals surface area contributed by atoms with Gasteiger partial charge < -0.3 is 5.73 Å². The molecule has 2 aromatic carbocycles. The van der Waals surface area contributed by atoms with Crippen LogP contribution in [-0.4, -0.2) is 0 Å². The molecule has 0 saturated carbocycles. The van der Waals surface area contributed by atoms with Crippen molar-refractivity contribution in [1.29, 1.82) is 0 Å². The van der Waals surface area contributed by atoms with E-state index in [0.717, 1.165) is 12.1 Å². The maximum absolute atomic E-state index is 6.10. The standard InChI is InChI=1S/C15H17N/c1-11-8-12(2)15(16)14(9-11)10-13-6-4-3-5-7-13/h3-9H,10,16H2,1-2H3. The molecule has 2 rings (SSSR count). The number of rotatable bonds is 2. The maximum Gasteiger partial charge on any atom is 0.0379 e. The molecule has 0 saturated heterocycles. The van der Waals surface area contributed by atoms with Crippen LogP contribution in [0.3, 0.4) is 0 Å². The second kappa shape index (κ2) is 4.40. The summed E-state index contributed by atoms with van der Waals surface area (Å²) in [5.74, 6) is 0. The number of hydrogen-bond donors (Lipinski definition) is 1. The monoisotopic (exact) mass is 211 g/mol. The van der Waals surface area contributed by atoms with Crippen LogP contribution in [-0.2, 0) is 6.42 Å². The third-order valence-corrected chi connectivity index (χ3v) is 2.85. The van der Waals surface area contributed by atoms with E-state index in [0.29, 0.717) is 0 Å². The molecule has 0 aliphatic heterocycles. The zero-order chi connectivity index (χ0) is 11.5. The lowest BCUT2D eigenvalue weighted by Crippen LogP contribution is -1.99. The van der Waals surface area contributed by atoms with Gasteiger partial charge in [0, 0.05) is 5.69 Å². The van der Waals surface area contributed by atoms with Crippen LogP contribution < -0.4 is 5.73 Å². The van der Waals surface area contributed by atoms with Crippen molar-refractivity contribution in [3.8, 4) is 0 Å². The highest BCUT2D eigenvalue weighted by Gasteiger charge is 2.04. The maximum atomic E-state index is 6.10. The molecule has 0 fully saturated rings. The molecule has 0 aliphatic rings. The Morgan fingerprint density at radius 2 is 1.69 bits per heavy atom. The van der Waals surface area contributed by atoms with E-state index < -0.39 is 0 Å². The van der Waals surface area contributed by atoms with Gasteiger partial charge in [-0.15, -0.1) is 0 Å². The van der Waals surface area contributed by atoms with Crippen molar-refractivity contribution >= 4 is 5.69 Å². The predicted molar refractivity (Wildman–Crippen MR) is 69.6 cm³/mol. The first kappa shape index (κ1) is 10.7. The molecule has 0 heterocycles.